The Kier molecular flexibility index (Phi) is 6.40. The largest absolute Gasteiger partial charge is 0.480 e. The molecular formula is C17H21NO3. The average Bonchev–Trinajstić information content (AvgIpc) is 2.50. The number of carbonyl (C=O) groups excluding carboxylic acids is 1. The Labute approximate surface area is 125 Å². The maximum absolute atomic E-state index is 11.8. The molecule has 21 heavy (non-hydrogen) atoms. The van der Waals surface area contributed by atoms with Gasteiger partial charge in [-0.15, -0.1) is 0 Å². The standard InChI is InChI=1S/C17H21NO3/c1-4-12(2)10-11-15(19)18-16(17(20)21)13(3)14-8-6-5-7-9-14/h4-11,13,16H,1-3H3,(H,18,19)(H,20,21). The van der Waals surface area contributed by atoms with Crippen LogP contribution in [0.3, 0.4) is 0 Å². The van der Waals surface area contributed by atoms with Crippen LogP contribution in [-0.2, 0) is 9.59 Å². The van der Waals surface area contributed by atoms with Gasteiger partial charge >= 0.3 is 5.97 Å². The van der Waals surface area contributed by atoms with E-state index in [1.54, 1.807) is 13.0 Å². The molecule has 0 fully saturated rings. The minimum atomic E-state index is -1.05. The van der Waals surface area contributed by atoms with Crippen LogP contribution in [-0.4, -0.2) is 23.0 Å². The fourth-order valence-corrected chi connectivity index (χ4v) is 1.85. The van der Waals surface area contributed by atoms with Crippen LogP contribution in [0.5, 0.6) is 0 Å². The minimum Gasteiger partial charge on any atom is -0.480 e. The van der Waals surface area contributed by atoms with Crippen LogP contribution in [0.1, 0.15) is 32.3 Å². The Morgan fingerprint density at radius 2 is 1.81 bits per heavy atom. The van der Waals surface area contributed by atoms with E-state index in [0.29, 0.717) is 0 Å². The number of carboxylic acids is 1. The first kappa shape index (κ1) is 16.7. The third kappa shape index (κ3) is 5.26. The SMILES string of the molecule is CC=C(C)C=CC(=O)NC(C(=O)O)C(C)c1ccccc1. The quantitative estimate of drug-likeness (QED) is 0.624. The van der Waals surface area contributed by atoms with E-state index in [0.717, 1.165) is 11.1 Å². The van der Waals surface area contributed by atoms with Crippen molar-refractivity contribution in [3.05, 3.63) is 59.7 Å². The Balaban J connectivity index is 2.81. The molecule has 0 aliphatic heterocycles. The molecule has 0 aromatic heterocycles. The molecule has 112 valence electrons. The van der Waals surface area contributed by atoms with Crippen molar-refractivity contribution in [1.29, 1.82) is 0 Å². The molecule has 1 aromatic rings. The molecule has 1 rings (SSSR count). The molecule has 1 amide bonds. The number of nitrogens with one attached hydrogen (secondary N) is 1. The second kappa shape index (κ2) is 8.04. The van der Waals surface area contributed by atoms with Crippen molar-refractivity contribution < 1.29 is 14.7 Å². The van der Waals surface area contributed by atoms with Gasteiger partial charge < -0.3 is 10.4 Å². The van der Waals surface area contributed by atoms with Crippen molar-refractivity contribution in [3.8, 4) is 0 Å². The molecule has 0 saturated carbocycles. The van der Waals surface area contributed by atoms with Crippen molar-refractivity contribution in [1.82, 2.24) is 5.32 Å². The predicted molar refractivity (Wildman–Crippen MR) is 83.0 cm³/mol. The molecule has 0 aliphatic rings. The number of carboxylic acid groups (broad SMARTS) is 1. The molecule has 0 aliphatic carbocycles. The lowest BCUT2D eigenvalue weighted by Gasteiger charge is -2.21. The number of hydrogen-bond donors (Lipinski definition) is 2. The maximum Gasteiger partial charge on any atom is 0.326 e. The number of hydrogen-bond acceptors (Lipinski definition) is 2. The van der Waals surface area contributed by atoms with E-state index < -0.39 is 17.9 Å². The first-order valence-corrected chi connectivity index (χ1v) is 6.85. The monoisotopic (exact) mass is 287 g/mol. The van der Waals surface area contributed by atoms with Crippen LogP contribution in [0, 0.1) is 0 Å². The molecule has 0 radical (unpaired) electrons. The maximum atomic E-state index is 11.8. The second-order valence-corrected chi connectivity index (χ2v) is 4.89. The zero-order valence-corrected chi connectivity index (χ0v) is 12.5. The topological polar surface area (TPSA) is 66.4 Å². The molecule has 0 saturated heterocycles. The van der Waals surface area contributed by atoms with Gasteiger partial charge in [-0.05, 0) is 19.4 Å². The minimum absolute atomic E-state index is 0.316. The molecule has 1 aromatic carbocycles. The molecule has 4 heteroatoms. The summed E-state index contributed by atoms with van der Waals surface area (Å²) in [4.78, 5) is 23.2. The lowest BCUT2D eigenvalue weighted by molar-refractivity contribution is -0.141. The molecule has 0 spiro atoms. The third-order valence-electron chi connectivity index (χ3n) is 3.34. The summed E-state index contributed by atoms with van der Waals surface area (Å²) in [6, 6.07) is 8.31. The first-order chi connectivity index (χ1) is 9.95. The zero-order chi connectivity index (χ0) is 15.8. The first-order valence-electron chi connectivity index (χ1n) is 6.85. The van der Waals surface area contributed by atoms with Crippen molar-refractivity contribution in [2.75, 3.05) is 0 Å². The van der Waals surface area contributed by atoms with Gasteiger partial charge in [0.05, 0.1) is 0 Å². The lowest BCUT2D eigenvalue weighted by atomic mass is 9.93. The number of allylic oxidation sites excluding steroid dienone is 3. The molecule has 4 nitrogen and oxygen atoms in total. The van der Waals surface area contributed by atoms with Crippen LogP contribution >= 0.6 is 0 Å². The van der Waals surface area contributed by atoms with Crippen molar-refractivity contribution >= 4 is 11.9 Å². The van der Waals surface area contributed by atoms with E-state index in [1.807, 2.05) is 50.3 Å². The van der Waals surface area contributed by atoms with Gasteiger partial charge in [0.25, 0.3) is 0 Å². The fraction of sp³-hybridized carbons (Fsp3) is 0.294. The number of carbonyl (C=O) groups is 2. The Hall–Kier alpha value is -2.36. The highest BCUT2D eigenvalue weighted by atomic mass is 16.4. The summed E-state index contributed by atoms with van der Waals surface area (Å²) < 4.78 is 0. The second-order valence-electron chi connectivity index (χ2n) is 4.89. The Morgan fingerprint density at radius 1 is 1.19 bits per heavy atom. The average molecular weight is 287 g/mol. The van der Waals surface area contributed by atoms with E-state index in [2.05, 4.69) is 5.32 Å². The van der Waals surface area contributed by atoms with E-state index in [-0.39, 0.29) is 5.92 Å². The fourth-order valence-electron chi connectivity index (χ4n) is 1.85. The summed E-state index contributed by atoms with van der Waals surface area (Å²) in [6.07, 6.45) is 4.87. The van der Waals surface area contributed by atoms with Crippen LogP contribution in [0.15, 0.2) is 54.1 Å². The van der Waals surface area contributed by atoms with E-state index >= 15 is 0 Å². The molecular weight excluding hydrogens is 266 g/mol. The number of amides is 1. The number of rotatable bonds is 6. The lowest BCUT2D eigenvalue weighted by Crippen LogP contribution is -2.43. The van der Waals surface area contributed by atoms with Gasteiger partial charge in [0, 0.05) is 12.0 Å². The molecule has 2 unspecified atom stereocenters. The summed E-state index contributed by atoms with van der Waals surface area (Å²) in [5.41, 5.74) is 1.81. The highest BCUT2D eigenvalue weighted by Gasteiger charge is 2.26. The summed E-state index contributed by atoms with van der Waals surface area (Å²) in [7, 11) is 0. The summed E-state index contributed by atoms with van der Waals surface area (Å²) in [5.74, 6) is -1.77. The van der Waals surface area contributed by atoms with Crippen molar-refractivity contribution in [2.24, 2.45) is 0 Å². The molecule has 0 bridgehead atoms. The molecule has 2 N–H and O–H groups in total. The Bertz CT molecular complexity index is 546. The van der Waals surface area contributed by atoms with E-state index in [4.69, 9.17) is 0 Å². The zero-order valence-electron chi connectivity index (χ0n) is 12.5. The van der Waals surface area contributed by atoms with Gasteiger partial charge in [-0.1, -0.05) is 55.0 Å². The predicted octanol–water partition coefficient (Wildman–Crippen LogP) is 2.88. The van der Waals surface area contributed by atoms with Gasteiger partial charge in [-0.25, -0.2) is 4.79 Å². The van der Waals surface area contributed by atoms with Crippen LogP contribution in [0.25, 0.3) is 0 Å². The van der Waals surface area contributed by atoms with Crippen LogP contribution in [0.4, 0.5) is 0 Å². The van der Waals surface area contributed by atoms with Gasteiger partial charge in [0.1, 0.15) is 6.04 Å². The van der Waals surface area contributed by atoms with Crippen molar-refractivity contribution in [3.63, 3.8) is 0 Å². The van der Waals surface area contributed by atoms with Crippen LogP contribution in [0.2, 0.25) is 0 Å². The molecule has 2 atom stereocenters. The third-order valence-corrected chi connectivity index (χ3v) is 3.34. The van der Waals surface area contributed by atoms with Crippen molar-refractivity contribution in [2.45, 2.75) is 32.7 Å². The summed E-state index contributed by atoms with van der Waals surface area (Å²) in [5, 5.41) is 11.9. The molecule has 0 heterocycles. The van der Waals surface area contributed by atoms with E-state index in [9.17, 15) is 14.7 Å². The summed E-state index contributed by atoms with van der Waals surface area (Å²) in [6.45, 7) is 5.52. The highest BCUT2D eigenvalue weighted by molar-refractivity contribution is 5.91. The Morgan fingerprint density at radius 3 is 2.33 bits per heavy atom. The highest BCUT2D eigenvalue weighted by Crippen LogP contribution is 2.19. The summed E-state index contributed by atoms with van der Waals surface area (Å²) >= 11 is 0. The van der Waals surface area contributed by atoms with E-state index in [1.165, 1.54) is 6.08 Å². The van der Waals surface area contributed by atoms with Crippen LogP contribution < -0.4 is 5.32 Å². The van der Waals surface area contributed by atoms with Gasteiger partial charge in [0.15, 0.2) is 0 Å². The van der Waals surface area contributed by atoms with Gasteiger partial charge in [-0.3, -0.25) is 4.79 Å². The normalized spacial score (nSPS) is 14.7. The number of aliphatic carboxylic acids is 1. The van der Waals surface area contributed by atoms with Gasteiger partial charge in [-0.2, -0.15) is 0 Å². The van der Waals surface area contributed by atoms with Gasteiger partial charge in [0.2, 0.25) is 5.91 Å². The number of benzene rings is 1. The smallest absolute Gasteiger partial charge is 0.326 e.